The number of nitrogens with one attached hydrogen (secondary N) is 1. The van der Waals surface area contributed by atoms with Gasteiger partial charge in [0.25, 0.3) is 5.91 Å². The summed E-state index contributed by atoms with van der Waals surface area (Å²) in [5.74, 6) is 0.648. The van der Waals surface area contributed by atoms with Gasteiger partial charge in [-0.2, -0.15) is 0 Å². The molecule has 4 aliphatic rings. The number of nitrogens with zero attached hydrogens (tertiary/aromatic N) is 3. The molecule has 9 nitrogen and oxygen atoms in total. The summed E-state index contributed by atoms with van der Waals surface area (Å²) in [5, 5.41) is 2.37. The standard InChI is InChI=1S/C27H30N4O5/c1-2-35-23-13-17(7-10-28-23)14-30-11-8-27(9-12-30)16-36-24-19-15-31(21-5-6-22(32)29-25(21)33)26(34)18(19)3-4-20(24)27/h3-4,7,10,13,21H,2,5-6,8-9,11-12,14-16H2,1H3,(H,29,32,33). The molecule has 2 saturated heterocycles. The molecule has 3 amide bonds. The van der Waals surface area contributed by atoms with E-state index in [-0.39, 0.29) is 23.7 Å². The fourth-order valence-electron chi connectivity index (χ4n) is 6.07. The minimum atomic E-state index is -0.617. The Kier molecular flexibility index (Phi) is 5.67. The Morgan fingerprint density at radius 3 is 2.81 bits per heavy atom. The number of aromatic nitrogens is 1. The Hall–Kier alpha value is -3.46. The van der Waals surface area contributed by atoms with E-state index in [9.17, 15) is 14.4 Å². The van der Waals surface area contributed by atoms with Crippen molar-refractivity contribution in [3.63, 3.8) is 0 Å². The maximum Gasteiger partial charge on any atom is 0.255 e. The van der Waals surface area contributed by atoms with Gasteiger partial charge < -0.3 is 14.4 Å². The Balaban J connectivity index is 1.17. The predicted octanol–water partition coefficient (Wildman–Crippen LogP) is 2.17. The van der Waals surface area contributed by atoms with Crippen LogP contribution in [0.4, 0.5) is 0 Å². The largest absolute Gasteiger partial charge is 0.492 e. The third-order valence-corrected chi connectivity index (χ3v) is 8.04. The highest BCUT2D eigenvalue weighted by Gasteiger charge is 2.47. The molecule has 1 N–H and O–H groups in total. The van der Waals surface area contributed by atoms with E-state index in [1.54, 1.807) is 11.1 Å². The van der Waals surface area contributed by atoms with Crippen molar-refractivity contribution in [1.82, 2.24) is 20.1 Å². The van der Waals surface area contributed by atoms with Gasteiger partial charge >= 0.3 is 0 Å². The number of hydrogen-bond acceptors (Lipinski definition) is 7. The molecule has 0 bridgehead atoms. The number of amides is 3. The van der Waals surface area contributed by atoms with Crippen LogP contribution in [-0.4, -0.2) is 64.9 Å². The second kappa shape index (κ2) is 8.89. The van der Waals surface area contributed by atoms with Crippen LogP contribution in [0.3, 0.4) is 0 Å². The van der Waals surface area contributed by atoms with Crippen molar-refractivity contribution in [2.75, 3.05) is 26.3 Å². The van der Waals surface area contributed by atoms with Crippen LogP contribution in [0.15, 0.2) is 30.5 Å². The summed E-state index contributed by atoms with van der Waals surface area (Å²) >= 11 is 0. The molecule has 1 aromatic carbocycles. The summed E-state index contributed by atoms with van der Waals surface area (Å²) < 4.78 is 11.8. The lowest BCUT2D eigenvalue weighted by Gasteiger charge is -2.38. The first-order valence-electron chi connectivity index (χ1n) is 12.7. The summed E-state index contributed by atoms with van der Waals surface area (Å²) in [6.45, 7) is 6.27. The minimum absolute atomic E-state index is 0.0549. The van der Waals surface area contributed by atoms with E-state index in [1.165, 1.54) is 11.1 Å². The van der Waals surface area contributed by atoms with E-state index >= 15 is 0 Å². The number of likely N-dealkylation sites (tertiary alicyclic amines) is 1. The molecule has 1 spiro atoms. The van der Waals surface area contributed by atoms with Crippen molar-refractivity contribution in [2.45, 2.75) is 57.2 Å². The zero-order chi connectivity index (χ0) is 24.9. The number of rotatable bonds is 5. The van der Waals surface area contributed by atoms with Crippen molar-refractivity contribution >= 4 is 17.7 Å². The second-order valence-electron chi connectivity index (χ2n) is 10.1. The molecular formula is C27H30N4O5. The topological polar surface area (TPSA) is 101 Å². The molecule has 0 saturated carbocycles. The Morgan fingerprint density at radius 2 is 2.03 bits per heavy atom. The molecule has 0 aliphatic carbocycles. The number of carbonyl (C=O) groups is 3. The molecule has 188 valence electrons. The third-order valence-electron chi connectivity index (χ3n) is 8.04. The molecule has 2 aromatic rings. The fraction of sp³-hybridized carbons (Fsp3) is 0.481. The number of pyridine rings is 1. The lowest BCUT2D eigenvalue weighted by atomic mass is 9.74. The first-order chi connectivity index (χ1) is 17.5. The maximum atomic E-state index is 13.2. The first-order valence-corrected chi connectivity index (χ1v) is 12.7. The second-order valence-corrected chi connectivity index (χ2v) is 10.1. The van der Waals surface area contributed by atoms with Crippen LogP contribution in [0.2, 0.25) is 0 Å². The van der Waals surface area contributed by atoms with Gasteiger partial charge in [-0.25, -0.2) is 4.98 Å². The molecular weight excluding hydrogens is 460 g/mol. The summed E-state index contributed by atoms with van der Waals surface area (Å²) in [6.07, 6.45) is 4.36. The fourth-order valence-corrected chi connectivity index (χ4v) is 6.07. The summed E-state index contributed by atoms with van der Waals surface area (Å²) in [4.78, 5) is 45.4. The number of hydrogen-bond donors (Lipinski definition) is 1. The highest BCUT2D eigenvalue weighted by Crippen LogP contribution is 2.49. The van der Waals surface area contributed by atoms with Crippen molar-refractivity contribution in [3.8, 4) is 11.6 Å². The Bertz CT molecular complexity index is 1240. The first kappa shape index (κ1) is 23.0. The molecule has 1 atom stereocenters. The van der Waals surface area contributed by atoms with Crippen LogP contribution in [0.25, 0.3) is 0 Å². The molecule has 0 radical (unpaired) electrons. The van der Waals surface area contributed by atoms with Crippen molar-refractivity contribution in [2.24, 2.45) is 0 Å². The van der Waals surface area contributed by atoms with Crippen LogP contribution in [0.1, 0.15) is 59.7 Å². The highest BCUT2D eigenvalue weighted by molar-refractivity contribution is 6.05. The Morgan fingerprint density at radius 1 is 1.19 bits per heavy atom. The number of benzene rings is 1. The SMILES string of the molecule is CCOc1cc(CN2CCC3(CC2)COc2c3ccc3c2CN(C2CCC(=O)NC2=O)C3=O)ccn1. The molecule has 6 rings (SSSR count). The lowest BCUT2D eigenvalue weighted by Crippen LogP contribution is -2.52. The van der Waals surface area contributed by atoms with Gasteiger partial charge in [-0.05, 0) is 57.0 Å². The van der Waals surface area contributed by atoms with Gasteiger partial charge in [0.1, 0.15) is 11.8 Å². The molecule has 2 fully saturated rings. The van der Waals surface area contributed by atoms with Crippen molar-refractivity contribution < 1.29 is 23.9 Å². The van der Waals surface area contributed by atoms with E-state index in [1.807, 2.05) is 25.1 Å². The summed E-state index contributed by atoms with van der Waals surface area (Å²) in [7, 11) is 0. The van der Waals surface area contributed by atoms with Crippen LogP contribution >= 0.6 is 0 Å². The zero-order valence-electron chi connectivity index (χ0n) is 20.4. The quantitative estimate of drug-likeness (QED) is 0.641. The third kappa shape index (κ3) is 3.82. The van der Waals surface area contributed by atoms with E-state index in [4.69, 9.17) is 9.47 Å². The zero-order valence-corrected chi connectivity index (χ0v) is 20.4. The van der Waals surface area contributed by atoms with Gasteiger partial charge in [-0.15, -0.1) is 0 Å². The number of imide groups is 1. The molecule has 4 aliphatic heterocycles. The van der Waals surface area contributed by atoms with Gasteiger partial charge in [0.05, 0.1) is 19.8 Å². The van der Waals surface area contributed by atoms with E-state index in [2.05, 4.69) is 21.3 Å². The monoisotopic (exact) mass is 490 g/mol. The van der Waals surface area contributed by atoms with E-state index < -0.39 is 11.9 Å². The van der Waals surface area contributed by atoms with E-state index in [0.29, 0.717) is 37.6 Å². The smallest absolute Gasteiger partial charge is 0.255 e. The number of ether oxygens (including phenoxy) is 2. The number of piperidine rings is 2. The van der Waals surface area contributed by atoms with Crippen molar-refractivity contribution in [1.29, 1.82) is 0 Å². The van der Waals surface area contributed by atoms with Gasteiger partial charge in [0, 0.05) is 47.3 Å². The predicted molar refractivity (Wildman–Crippen MR) is 130 cm³/mol. The Labute approximate surface area is 209 Å². The van der Waals surface area contributed by atoms with Gasteiger partial charge in [-0.3, -0.25) is 24.6 Å². The van der Waals surface area contributed by atoms with Gasteiger partial charge in [0.2, 0.25) is 17.7 Å². The number of carbonyl (C=O) groups excluding carboxylic acids is 3. The van der Waals surface area contributed by atoms with Crippen LogP contribution in [-0.2, 0) is 28.1 Å². The van der Waals surface area contributed by atoms with Gasteiger partial charge in [0.15, 0.2) is 0 Å². The molecule has 1 aromatic heterocycles. The minimum Gasteiger partial charge on any atom is -0.492 e. The van der Waals surface area contributed by atoms with Gasteiger partial charge in [-0.1, -0.05) is 6.07 Å². The average molecular weight is 491 g/mol. The van der Waals surface area contributed by atoms with E-state index in [0.717, 1.165) is 43.8 Å². The van der Waals surface area contributed by atoms with Crippen molar-refractivity contribution in [3.05, 3.63) is 52.7 Å². The van der Waals surface area contributed by atoms with Crippen LogP contribution < -0.4 is 14.8 Å². The number of fused-ring (bicyclic) bond motifs is 4. The maximum absolute atomic E-state index is 13.2. The summed E-state index contributed by atoms with van der Waals surface area (Å²) in [5.41, 5.74) is 3.80. The normalized spacial score (nSPS) is 22.9. The lowest BCUT2D eigenvalue weighted by molar-refractivity contribution is -0.136. The average Bonchev–Trinajstić information content (AvgIpc) is 3.39. The molecule has 5 heterocycles. The summed E-state index contributed by atoms with van der Waals surface area (Å²) in [6, 6.07) is 7.39. The molecule has 9 heteroatoms. The molecule has 36 heavy (non-hydrogen) atoms. The van der Waals surface area contributed by atoms with Crippen LogP contribution in [0, 0.1) is 0 Å². The highest BCUT2D eigenvalue weighted by atomic mass is 16.5. The molecule has 1 unspecified atom stereocenters. The van der Waals surface area contributed by atoms with Crippen LogP contribution in [0.5, 0.6) is 11.6 Å².